The van der Waals surface area contributed by atoms with E-state index in [9.17, 15) is 13.2 Å². The lowest BCUT2D eigenvalue weighted by Gasteiger charge is -2.38. The molecule has 1 atom stereocenters. The Kier molecular flexibility index (Phi) is 4.99. The molecule has 1 unspecified atom stereocenters. The molecule has 25 heavy (non-hydrogen) atoms. The van der Waals surface area contributed by atoms with Gasteiger partial charge in [-0.2, -0.15) is 4.31 Å². The highest BCUT2D eigenvalue weighted by atomic mass is 79.9. The Morgan fingerprint density at radius 1 is 1.00 bits per heavy atom. The van der Waals surface area contributed by atoms with E-state index in [0.29, 0.717) is 6.54 Å². The van der Waals surface area contributed by atoms with Gasteiger partial charge in [-0.05, 0) is 50.2 Å². The molecule has 132 valence electrons. The summed E-state index contributed by atoms with van der Waals surface area (Å²) < 4.78 is 28.0. The fraction of sp³-hybridized carbons (Fsp3) is 0.278. The first kappa shape index (κ1) is 18.1. The number of rotatable bonds is 3. The van der Waals surface area contributed by atoms with Crippen molar-refractivity contribution in [3.63, 3.8) is 0 Å². The molecule has 1 saturated heterocycles. The molecule has 7 heteroatoms. The van der Waals surface area contributed by atoms with Crippen LogP contribution in [0.25, 0.3) is 0 Å². The van der Waals surface area contributed by atoms with Crippen LogP contribution >= 0.6 is 15.9 Å². The maximum Gasteiger partial charge on any atom is 0.245 e. The summed E-state index contributed by atoms with van der Waals surface area (Å²) in [6.07, 6.45) is 0. The molecule has 0 bridgehead atoms. The van der Waals surface area contributed by atoms with Crippen molar-refractivity contribution in [3.8, 4) is 0 Å². The van der Waals surface area contributed by atoms with Crippen molar-refractivity contribution in [3.05, 3.63) is 58.6 Å². The largest absolute Gasteiger partial charge is 0.310 e. The average molecular weight is 423 g/mol. The Labute approximate surface area is 156 Å². The summed E-state index contributed by atoms with van der Waals surface area (Å²) in [5, 5.41) is 0. The normalized spacial score (nSPS) is 19.2. The second kappa shape index (κ2) is 6.90. The third-order valence-corrected chi connectivity index (χ3v) is 6.88. The minimum Gasteiger partial charge on any atom is -0.310 e. The molecule has 0 aromatic heterocycles. The summed E-state index contributed by atoms with van der Waals surface area (Å²) in [7, 11) is -3.69. The van der Waals surface area contributed by atoms with Crippen LogP contribution in [0.2, 0.25) is 0 Å². The van der Waals surface area contributed by atoms with Gasteiger partial charge in [0.25, 0.3) is 0 Å². The summed E-state index contributed by atoms with van der Waals surface area (Å²) in [5.41, 5.74) is 1.76. The van der Waals surface area contributed by atoms with Crippen LogP contribution in [-0.4, -0.2) is 37.8 Å². The first-order chi connectivity index (χ1) is 11.8. The molecule has 1 aliphatic heterocycles. The summed E-state index contributed by atoms with van der Waals surface area (Å²) >= 11 is 3.37. The van der Waals surface area contributed by atoms with E-state index in [2.05, 4.69) is 15.9 Å². The SMILES string of the molecule is Cc1ccc(S(=O)(=O)N2CCN(c3ccc(Br)cc3)C(=O)C2C)cc1. The summed E-state index contributed by atoms with van der Waals surface area (Å²) in [5.74, 6) is -0.218. The van der Waals surface area contributed by atoms with E-state index in [1.807, 2.05) is 31.2 Å². The molecule has 2 aromatic rings. The molecule has 1 fully saturated rings. The minimum atomic E-state index is -3.69. The number of anilines is 1. The minimum absolute atomic E-state index is 0.217. The van der Waals surface area contributed by atoms with E-state index in [1.165, 1.54) is 4.31 Å². The van der Waals surface area contributed by atoms with E-state index < -0.39 is 16.1 Å². The van der Waals surface area contributed by atoms with Crippen LogP contribution in [0, 0.1) is 6.92 Å². The number of hydrogen-bond acceptors (Lipinski definition) is 3. The van der Waals surface area contributed by atoms with Crippen molar-refractivity contribution in [1.82, 2.24) is 4.31 Å². The second-order valence-corrected chi connectivity index (χ2v) is 8.88. The van der Waals surface area contributed by atoms with Gasteiger partial charge in [-0.1, -0.05) is 33.6 Å². The van der Waals surface area contributed by atoms with Gasteiger partial charge in [-0.15, -0.1) is 0 Å². The molecule has 3 rings (SSSR count). The van der Waals surface area contributed by atoms with Gasteiger partial charge in [0.2, 0.25) is 15.9 Å². The van der Waals surface area contributed by atoms with Crippen LogP contribution in [0.1, 0.15) is 12.5 Å². The molecule has 0 saturated carbocycles. The maximum atomic E-state index is 12.9. The topological polar surface area (TPSA) is 57.7 Å². The standard InChI is InChI=1S/C18H19BrN2O3S/c1-13-3-9-17(10-4-13)25(23,24)21-12-11-20(18(22)14(21)2)16-7-5-15(19)6-8-16/h3-10,14H,11-12H2,1-2H3. The lowest BCUT2D eigenvalue weighted by molar-refractivity contribution is -0.123. The fourth-order valence-electron chi connectivity index (χ4n) is 2.90. The quantitative estimate of drug-likeness (QED) is 0.762. The van der Waals surface area contributed by atoms with Gasteiger partial charge in [0.1, 0.15) is 6.04 Å². The molecule has 0 N–H and O–H groups in total. The number of nitrogens with zero attached hydrogens (tertiary/aromatic N) is 2. The molecular weight excluding hydrogens is 404 g/mol. The zero-order valence-electron chi connectivity index (χ0n) is 14.0. The van der Waals surface area contributed by atoms with E-state index in [1.54, 1.807) is 36.1 Å². The molecule has 5 nitrogen and oxygen atoms in total. The van der Waals surface area contributed by atoms with Crippen molar-refractivity contribution in [2.45, 2.75) is 24.8 Å². The number of carbonyl (C=O) groups excluding carboxylic acids is 1. The Balaban J connectivity index is 1.86. The van der Waals surface area contributed by atoms with Gasteiger partial charge in [0.05, 0.1) is 4.90 Å². The third kappa shape index (κ3) is 3.49. The van der Waals surface area contributed by atoms with Crippen molar-refractivity contribution < 1.29 is 13.2 Å². The van der Waals surface area contributed by atoms with Crippen molar-refractivity contribution >= 4 is 37.5 Å². The van der Waals surface area contributed by atoms with Gasteiger partial charge in [-0.3, -0.25) is 4.79 Å². The van der Waals surface area contributed by atoms with Crippen LogP contribution in [0.4, 0.5) is 5.69 Å². The molecule has 0 aliphatic carbocycles. The highest BCUT2D eigenvalue weighted by Crippen LogP contribution is 2.26. The smallest absolute Gasteiger partial charge is 0.245 e. The van der Waals surface area contributed by atoms with Crippen LogP contribution in [0.3, 0.4) is 0 Å². The monoisotopic (exact) mass is 422 g/mol. The molecule has 0 radical (unpaired) electrons. The summed E-state index contributed by atoms with van der Waals surface area (Å²) in [4.78, 5) is 14.6. The average Bonchev–Trinajstić information content (AvgIpc) is 2.58. The predicted octanol–water partition coefficient (Wildman–Crippen LogP) is 3.18. The maximum absolute atomic E-state index is 12.9. The highest BCUT2D eigenvalue weighted by Gasteiger charge is 2.39. The molecule has 1 amide bonds. The summed E-state index contributed by atoms with van der Waals surface area (Å²) in [6.45, 7) is 4.13. The van der Waals surface area contributed by atoms with Crippen LogP contribution in [0.5, 0.6) is 0 Å². The lowest BCUT2D eigenvalue weighted by atomic mass is 10.2. The molecule has 1 aliphatic rings. The zero-order chi connectivity index (χ0) is 18.2. The van der Waals surface area contributed by atoms with Crippen molar-refractivity contribution in [1.29, 1.82) is 0 Å². The molecule has 0 spiro atoms. The van der Waals surface area contributed by atoms with Crippen LogP contribution in [-0.2, 0) is 14.8 Å². The van der Waals surface area contributed by atoms with Gasteiger partial charge in [0.15, 0.2) is 0 Å². The molecule has 2 aromatic carbocycles. The number of piperazine rings is 1. The first-order valence-electron chi connectivity index (χ1n) is 7.96. The van der Waals surface area contributed by atoms with E-state index >= 15 is 0 Å². The number of hydrogen-bond donors (Lipinski definition) is 0. The van der Waals surface area contributed by atoms with Gasteiger partial charge in [0, 0.05) is 23.2 Å². The third-order valence-electron chi connectivity index (χ3n) is 4.37. The van der Waals surface area contributed by atoms with E-state index in [4.69, 9.17) is 0 Å². The lowest BCUT2D eigenvalue weighted by Crippen LogP contribution is -2.57. The van der Waals surface area contributed by atoms with Crippen molar-refractivity contribution in [2.24, 2.45) is 0 Å². The number of amides is 1. The Morgan fingerprint density at radius 3 is 2.20 bits per heavy atom. The van der Waals surface area contributed by atoms with Crippen molar-refractivity contribution in [2.75, 3.05) is 18.0 Å². The second-order valence-electron chi connectivity index (χ2n) is 6.07. The van der Waals surface area contributed by atoms with E-state index in [-0.39, 0.29) is 17.3 Å². The molecular formula is C18H19BrN2O3S. The van der Waals surface area contributed by atoms with Crippen LogP contribution in [0.15, 0.2) is 57.9 Å². The summed E-state index contributed by atoms with van der Waals surface area (Å²) in [6, 6.07) is 13.4. The fourth-order valence-corrected chi connectivity index (χ4v) is 4.75. The number of carbonyl (C=O) groups is 1. The Bertz CT molecular complexity index is 880. The number of sulfonamides is 1. The highest BCUT2D eigenvalue weighted by molar-refractivity contribution is 9.10. The zero-order valence-corrected chi connectivity index (χ0v) is 16.4. The Hall–Kier alpha value is -1.70. The number of halogens is 1. The van der Waals surface area contributed by atoms with Gasteiger partial charge >= 0.3 is 0 Å². The first-order valence-corrected chi connectivity index (χ1v) is 10.2. The molecule has 1 heterocycles. The predicted molar refractivity (Wildman–Crippen MR) is 101 cm³/mol. The van der Waals surface area contributed by atoms with E-state index in [0.717, 1.165) is 15.7 Å². The van der Waals surface area contributed by atoms with Crippen LogP contribution < -0.4 is 4.90 Å². The van der Waals surface area contributed by atoms with Gasteiger partial charge < -0.3 is 4.90 Å². The number of aryl methyl sites for hydroxylation is 1. The Morgan fingerprint density at radius 2 is 1.60 bits per heavy atom. The number of benzene rings is 2. The van der Waals surface area contributed by atoms with Gasteiger partial charge in [-0.25, -0.2) is 8.42 Å².